The molecule has 7 nitrogen and oxygen atoms in total. The molecule has 0 radical (unpaired) electrons. The predicted octanol–water partition coefficient (Wildman–Crippen LogP) is 4.57. The quantitative estimate of drug-likeness (QED) is 0.252. The highest BCUT2D eigenvalue weighted by Crippen LogP contribution is 2.30. The van der Waals surface area contributed by atoms with Gasteiger partial charge in [-0.15, -0.1) is 0 Å². The largest absolute Gasteiger partial charge is 0.485 e. The summed E-state index contributed by atoms with van der Waals surface area (Å²) in [5.41, 5.74) is 9.37. The number of rotatable bonds is 14. The summed E-state index contributed by atoms with van der Waals surface area (Å²) >= 11 is 0. The Hall–Kier alpha value is -4.62. The van der Waals surface area contributed by atoms with Crippen LogP contribution in [0.25, 0.3) is 0 Å². The highest BCUT2D eigenvalue weighted by atomic mass is 16.5. The lowest BCUT2D eigenvalue weighted by Crippen LogP contribution is -2.47. The molecule has 0 fully saturated rings. The minimum absolute atomic E-state index is 0.184. The van der Waals surface area contributed by atoms with Gasteiger partial charge in [-0.1, -0.05) is 97.1 Å². The highest BCUT2D eigenvalue weighted by molar-refractivity contribution is 5.87. The molecule has 0 heterocycles. The second-order valence-corrected chi connectivity index (χ2v) is 9.03. The molecule has 0 saturated heterocycles. The van der Waals surface area contributed by atoms with Gasteiger partial charge < -0.3 is 25.3 Å². The molecule has 0 spiro atoms. The number of nitrogens with two attached hydrogens (primary N) is 1. The van der Waals surface area contributed by atoms with Crippen LogP contribution >= 0.6 is 0 Å². The van der Waals surface area contributed by atoms with E-state index in [4.69, 9.17) is 19.9 Å². The Morgan fingerprint density at radius 2 is 1.15 bits per heavy atom. The van der Waals surface area contributed by atoms with Crippen molar-refractivity contribution in [2.45, 2.75) is 32.3 Å². The molecule has 7 heteroatoms. The summed E-state index contributed by atoms with van der Waals surface area (Å²) < 4.78 is 17.7. The van der Waals surface area contributed by atoms with Gasteiger partial charge in [0.25, 0.3) is 0 Å². The Morgan fingerprint density at radius 3 is 1.69 bits per heavy atom. The van der Waals surface area contributed by atoms with E-state index in [0.717, 1.165) is 22.3 Å². The molecule has 0 aromatic heterocycles. The Bertz CT molecular complexity index is 1330. The molecule has 39 heavy (non-hydrogen) atoms. The summed E-state index contributed by atoms with van der Waals surface area (Å²) in [5, 5.41) is 2.68. The fraction of sp³-hybridized carbons (Fsp3) is 0.188. The van der Waals surface area contributed by atoms with Gasteiger partial charge in [0.05, 0.1) is 6.61 Å². The highest BCUT2D eigenvalue weighted by Gasteiger charge is 2.20. The average molecular weight is 525 g/mol. The minimum Gasteiger partial charge on any atom is -0.485 e. The maximum absolute atomic E-state index is 12.5. The molecule has 3 N–H and O–H groups in total. The van der Waals surface area contributed by atoms with Crippen LogP contribution in [0.5, 0.6) is 11.5 Å². The third-order valence-corrected chi connectivity index (χ3v) is 5.95. The summed E-state index contributed by atoms with van der Waals surface area (Å²) in [4.78, 5) is 24.6. The van der Waals surface area contributed by atoms with Crippen LogP contribution in [0.15, 0.2) is 109 Å². The summed E-state index contributed by atoms with van der Waals surface area (Å²) in [5.74, 6) is 0.0567. The molecule has 0 saturated carbocycles. The number of amides is 2. The number of carbonyl (C=O) groups excluding carboxylic acids is 2. The molecule has 0 aliphatic rings. The van der Waals surface area contributed by atoms with Crippen molar-refractivity contribution in [2.24, 2.45) is 5.73 Å². The smallest absolute Gasteiger partial charge is 0.246 e. The van der Waals surface area contributed by atoms with Gasteiger partial charge in [0, 0.05) is 6.42 Å². The van der Waals surface area contributed by atoms with Crippen molar-refractivity contribution in [3.8, 4) is 11.5 Å². The Balaban J connectivity index is 1.41. The minimum atomic E-state index is -0.907. The Labute approximate surface area is 228 Å². The van der Waals surface area contributed by atoms with Crippen molar-refractivity contribution >= 4 is 11.8 Å². The molecular formula is C32H32N2O5. The van der Waals surface area contributed by atoms with Gasteiger partial charge in [-0.05, 0) is 34.4 Å². The van der Waals surface area contributed by atoms with E-state index in [1.54, 1.807) is 6.07 Å². The first-order valence-electron chi connectivity index (χ1n) is 12.7. The van der Waals surface area contributed by atoms with E-state index in [-0.39, 0.29) is 13.0 Å². The van der Waals surface area contributed by atoms with E-state index in [1.807, 2.05) is 103 Å². The van der Waals surface area contributed by atoms with Crippen LogP contribution in [-0.4, -0.2) is 24.5 Å². The number of hydrogen-bond donors (Lipinski definition) is 2. The van der Waals surface area contributed by atoms with E-state index < -0.39 is 17.9 Å². The van der Waals surface area contributed by atoms with E-state index in [9.17, 15) is 9.59 Å². The average Bonchev–Trinajstić information content (AvgIpc) is 2.97. The molecule has 200 valence electrons. The molecule has 0 aliphatic heterocycles. The molecule has 2 amide bonds. The molecule has 1 atom stereocenters. The standard InChI is InChI=1S/C32H32N2O5/c33-32(36)28(34-31(35)23-37-20-24-10-4-1-5-11-24)18-27-16-17-29(38-21-25-12-6-2-7-13-25)30(19-27)39-22-26-14-8-3-9-15-26/h1-17,19,28H,18,20-23H2,(H2,33,36)(H,34,35)/t28-/m0/s1. The van der Waals surface area contributed by atoms with E-state index >= 15 is 0 Å². The second-order valence-electron chi connectivity index (χ2n) is 9.03. The van der Waals surface area contributed by atoms with E-state index in [2.05, 4.69) is 5.32 Å². The first-order chi connectivity index (χ1) is 19.1. The number of hydrogen-bond acceptors (Lipinski definition) is 5. The lowest BCUT2D eigenvalue weighted by molar-refractivity contribution is -0.130. The lowest BCUT2D eigenvalue weighted by Gasteiger charge is -2.18. The fourth-order valence-corrected chi connectivity index (χ4v) is 3.91. The number of benzene rings is 4. The monoisotopic (exact) mass is 524 g/mol. The number of carbonyl (C=O) groups is 2. The van der Waals surface area contributed by atoms with Crippen molar-refractivity contribution in [1.82, 2.24) is 5.32 Å². The zero-order valence-corrected chi connectivity index (χ0v) is 21.6. The molecular weight excluding hydrogens is 492 g/mol. The van der Waals surface area contributed by atoms with E-state index in [0.29, 0.717) is 31.3 Å². The Kier molecular flexibility index (Phi) is 10.1. The van der Waals surface area contributed by atoms with Crippen LogP contribution in [-0.2, 0) is 40.6 Å². The first-order valence-corrected chi connectivity index (χ1v) is 12.7. The zero-order valence-electron chi connectivity index (χ0n) is 21.6. The summed E-state index contributed by atoms with van der Waals surface area (Å²) in [7, 11) is 0. The van der Waals surface area contributed by atoms with Gasteiger partial charge in [0.1, 0.15) is 25.9 Å². The van der Waals surface area contributed by atoms with Crippen LogP contribution in [0, 0.1) is 0 Å². The normalized spacial score (nSPS) is 11.4. The SMILES string of the molecule is NC(=O)[C@H](Cc1ccc(OCc2ccccc2)c(OCc2ccccc2)c1)NC(=O)COCc1ccccc1. The second kappa shape index (κ2) is 14.4. The van der Waals surface area contributed by atoms with Crippen molar-refractivity contribution in [2.75, 3.05) is 6.61 Å². The summed E-state index contributed by atoms with van der Waals surface area (Å²) in [6.45, 7) is 0.837. The predicted molar refractivity (Wildman–Crippen MR) is 149 cm³/mol. The van der Waals surface area contributed by atoms with Gasteiger partial charge in [-0.2, -0.15) is 0 Å². The van der Waals surface area contributed by atoms with Gasteiger partial charge in [-0.3, -0.25) is 9.59 Å². The third kappa shape index (κ3) is 9.02. The molecule has 0 aliphatic carbocycles. The van der Waals surface area contributed by atoms with Gasteiger partial charge >= 0.3 is 0 Å². The van der Waals surface area contributed by atoms with Crippen molar-refractivity contribution < 1.29 is 23.8 Å². The number of primary amides is 1. The molecule has 4 aromatic carbocycles. The van der Waals surface area contributed by atoms with E-state index in [1.165, 1.54) is 0 Å². The first kappa shape index (κ1) is 27.4. The molecule has 0 unspecified atom stereocenters. The van der Waals surface area contributed by atoms with Crippen molar-refractivity contribution in [3.63, 3.8) is 0 Å². The molecule has 4 aromatic rings. The topological polar surface area (TPSA) is 99.9 Å². The third-order valence-electron chi connectivity index (χ3n) is 5.95. The van der Waals surface area contributed by atoms with Crippen LogP contribution in [0.3, 0.4) is 0 Å². The Morgan fingerprint density at radius 1 is 0.641 bits per heavy atom. The van der Waals surface area contributed by atoms with Gasteiger partial charge in [-0.25, -0.2) is 0 Å². The number of nitrogens with one attached hydrogen (secondary N) is 1. The maximum atomic E-state index is 12.5. The van der Waals surface area contributed by atoms with Crippen LogP contribution in [0.4, 0.5) is 0 Å². The molecule has 4 rings (SSSR count). The molecule has 0 bridgehead atoms. The zero-order chi connectivity index (χ0) is 27.3. The van der Waals surface area contributed by atoms with Crippen LogP contribution < -0.4 is 20.5 Å². The van der Waals surface area contributed by atoms with Crippen LogP contribution in [0.2, 0.25) is 0 Å². The lowest BCUT2D eigenvalue weighted by atomic mass is 10.0. The van der Waals surface area contributed by atoms with Crippen LogP contribution in [0.1, 0.15) is 22.3 Å². The summed E-state index contributed by atoms with van der Waals surface area (Å²) in [6.07, 6.45) is 0.195. The van der Waals surface area contributed by atoms with Gasteiger partial charge in [0.15, 0.2) is 11.5 Å². The van der Waals surface area contributed by atoms with Gasteiger partial charge in [0.2, 0.25) is 11.8 Å². The maximum Gasteiger partial charge on any atom is 0.246 e. The van der Waals surface area contributed by atoms with Crippen molar-refractivity contribution in [1.29, 1.82) is 0 Å². The summed E-state index contributed by atoms with van der Waals surface area (Å²) in [6, 6.07) is 33.7. The fourth-order valence-electron chi connectivity index (χ4n) is 3.91. The van der Waals surface area contributed by atoms with Crippen molar-refractivity contribution in [3.05, 3.63) is 131 Å². The number of ether oxygens (including phenoxy) is 3.